The van der Waals surface area contributed by atoms with Gasteiger partial charge in [-0.1, -0.05) is 6.07 Å². The molecule has 0 saturated heterocycles. The van der Waals surface area contributed by atoms with Crippen LogP contribution in [0.3, 0.4) is 0 Å². The molecule has 3 rings (SSSR count). The molecule has 0 aliphatic rings. The maximum absolute atomic E-state index is 9.68. The smallest absolute Gasteiger partial charge is 0.154 e. The zero-order valence-corrected chi connectivity index (χ0v) is 8.92. The van der Waals surface area contributed by atoms with E-state index >= 15 is 0 Å². The number of hydrogen-bond donors (Lipinski definition) is 2. The van der Waals surface area contributed by atoms with Gasteiger partial charge in [0.05, 0.1) is 5.39 Å². The average Bonchev–Trinajstić information content (AvgIpc) is 2.74. The number of rotatable bonds is 1. The highest BCUT2D eigenvalue weighted by Crippen LogP contribution is 2.32. The Labute approximate surface area is 97.3 Å². The number of nitrogens with two attached hydrogens (primary N) is 1. The van der Waals surface area contributed by atoms with Crippen LogP contribution in [0.1, 0.15) is 0 Å². The third kappa shape index (κ3) is 1.59. The minimum absolute atomic E-state index is 0.196. The minimum atomic E-state index is 0.196. The van der Waals surface area contributed by atoms with Gasteiger partial charge in [-0.05, 0) is 30.3 Å². The van der Waals surface area contributed by atoms with Crippen molar-refractivity contribution in [1.29, 1.82) is 0 Å². The SMILES string of the molecule is Nc1ccnc(-c2cc3c(O)cccc3o2)c1. The van der Waals surface area contributed by atoms with Gasteiger partial charge in [0, 0.05) is 11.9 Å². The number of aromatic hydroxyl groups is 1. The summed E-state index contributed by atoms with van der Waals surface area (Å²) in [4.78, 5) is 4.18. The van der Waals surface area contributed by atoms with Crippen molar-refractivity contribution in [3.05, 3.63) is 42.6 Å². The van der Waals surface area contributed by atoms with Crippen molar-refractivity contribution in [2.45, 2.75) is 0 Å². The van der Waals surface area contributed by atoms with Gasteiger partial charge < -0.3 is 15.3 Å². The third-order valence-corrected chi connectivity index (χ3v) is 2.57. The first-order chi connectivity index (χ1) is 8.24. The summed E-state index contributed by atoms with van der Waals surface area (Å²) >= 11 is 0. The fourth-order valence-corrected chi connectivity index (χ4v) is 1.75. The number of pyridine rings is 1. The van der Waals surface area contributed by atoms with E-state index in [4.69, 9.17) is 10.2 Å². The van der Waals surface area contributed by atoms with E-state index in [0.29, 0.717) is 28.1 Å². The van der Waals surface area contributed by atoms with Gasteiger partial charge in [-0.25, -0.2) is 0 Å². The molecule has 2 aromatic heterocycles. The first-order valence-electron chi connectivity index (χ1n) is 5.17. The monoisotopic (exact) mass is 226 g/mol. The van der Waals surface area contributed by atoms with E-state index in [2.05, 4.69) is 4.98 Å². The molecule has 4 heteroatoms. The first-order valence-corrected chi connectivity index (χ1v) is 5.17. The number of furan rings is 1. The number of nitrogens with zero attached hydrogens (tertiary/aromatic N) is 1. The fourth-order valence-electron chi connectivity index (χ4n) is 1.75. The summed E-state index contributed by atoms with van der Waals surface area (Å²) in [6.07, 6.45) is 1.62. The molecule has 0 aliphatic heterocycles. The number of phenols is 1. The van der Waals surface area contributed by atoms with Crippen molar-refractivity contribution in [3.8, 4) is 17.2 Å². The van der Waals surface area contributed by atoms with E-state index in [1.165, 1.54) is 0 Å². The summed E-state index contributed by atoms with van der Waals surface area (Å²) < 4.78 is 5.61. The van der Waals surface area contributed by atoms with E-state index in [-0.39, 0.29) is 5.75 Å². The van der Waals surface area contributed by atoms with Crippen LogP contribution in [-0.4, -0.2) is 10.1 Å². The van der Waals surface area contributed by atoms with Crippen LogP contribution in [0.4, 0.5) is 5.69 Å². The first kappa shape index (κ1) is 9.72. The van der Waals surface area contributed by atoms with Crippen molar-refractivity contribution < 1.29 is 9.52 Å². The summed E-state index contributed by atoms with van der Waals surface area (Å²) in [5, 5.41) is 10.4. The molecule has 2 heterocycles. The summed E-state index contributed by atoms with van der Waals surface area (Å²) in [5.41, 5.74) is 7.60. The number of hydrogen-bond acceptors (Lipinski definition) is 4. The summed E-state index contributed by atoms with van der Waals surface area (Å²) in [6, 6.07) is 10.3. The highest BCUT2D eigenvalue weighted by molar-refractivity contribution is 5.87. The number of benzene rings is 1. The topological polar surface area (TPSA) is 72.3 Å². The van der Waals surface area contributed by atoms with Crippen LogP contribution in [0.15, 0.2) is 47.0 Å². The van der Waals surface area contributed by atoms with Gasteiger partial charge in [0.1, 0.15) is 17.0 Å². The number of anilines is 1. The van der Waals surface area contributed by atoms with Crippen LogP contribution in [0.5, 0.6) is 5.75 Å². The van der Waals surface area contributed by atoms with Crippen molar-refractivity contribution in [2.24, 2.45) is 0 Å². The quantitative estimate of drug-likeness (QED) is 0.669. The Kier molecular flexibility index (Phi) is 2.01. The highest BCUT2D eigenvalue weighted by Gasteiger charge is 2.09. The highest BCUT2D eigenvalue weighted by atomic mass is 16.3. The van der Waals surface area contributed by atoms with Crippen LogP contribution in [0.2, 0.25) is 0 Å². The molecule has 17 heavy (non-hydrogen) atoms. The molecule has 1 aromatic carbocycles. The van der Waals surface area contributed by atoms with Gasteiger partial charge >= 0.3 is 0 Å². The standard InChI is InChI=1S/C13H10N2O2/c14-8-4-5-15-10(6-8)13-7-9-11(16)2-1-3-12(9)17-13/h1-7,16H,(H2,14,15). The predicted octanol–water partition coefficient (Wildman–Crippen LogP) is 2.78. The lowest BCUT2D eigenvalue weighted by Crippen LogP contribution is -1.86. The minimum Gasteiger partial charge on any atom is -0.507 e. The molecular weight excluding hydrogens is 216 g/mol. The molecule has 84 valence electrons. The maximum atomic E-state index is 9.68. The Bertz CT molecular complexity index is 689. The van der Waals surface area contributed by atoms with Crippen molar-refractivity contribution in [1.82, 2.24) is 4.98 Å². The summed E-state index contributed by atoms with van der Waals surface area (Å²) in [7, 11) is 0. The van der Waals surface area contributed by atoms with Gasteiger partial charge in [0.15, 0.2) is 5.76 Å². The second-order valence-corrected chi connectivity index (χ2v) is 3.77. The average molecular weight is 226 g/mol. The zero-order valence-electron chi connectivity index (χ0n) is 8.92. The molecule has 0 fully saturated rings. The van der Waals surface area contributed by atoms with Gasteiger partial charge in [-0.3, -0.25) is 4.98 Å². The number of aromatic nitrogens is 1. The summed E-state index contributed by atoms with van der Waals surface area (Å²) in [6.45, 7) is 0. The molecule has 0 unspecified atom stereocenters. The number of nitrogen functional groups attached to an aromatic ring is 1. The van der Waals surface area contributed by atoms with E-state index in [0.717, 1.165) is 0 Å². The molecule has 0 radical (unpaired) electrons. The van der Waals surface area contributed by atoms with Crippen molar-refractivity contribution in [2.75, 3.05) is 5.73 Å². The lowest BCUT2D eigenvalue weighted by Gasteiger charge is -1.96. The van der Waals surface area contributed by atoms with E-state index < -0.39 is 0 Å². The Morgan fingerprint density at radius 1 is 1.18 bits per heavy atom. The van der Waals surface area contributed by atoms with E-state index in [9.17, 15) is 5.11 Å². The normalized spacial score (nSPS) is 10.8. The Morgan fingerprint density at radius 2 is 2.06 bits per heavy atom. The molecule has 0 saturated carbocycles. The van der Waals surface area contributed by atoms with Gasteiger partial charge in [0.25, 0.3) is 0 Å². The lowest BCUT2D eigenvalue weighted by molar-refractivity contribution is 0.481. The summed E-state index contributed by atoms with van der Waals surface area (Å²) in [5.74, 6) is 0.787. The molecular formula is C13H10N2O2. The number of fused-ring (bicyclic) bond motifs is 1. The second-order valence-electron chi connectivity index (χ2n) is 3.77. The Balaban J connectivity index is 2.22. The van der Waals surface area contributed by atoms with E-state index in [1.54, 1.807) is 42.6 Å². The third-order valence-electron chi connectivity index (χ3n) is 2.57. The van der Waals surface area contributed by atoms with Crippen LogP contribution in [0.25, 0.3) is 22.4 Å². The van der Waals surface area contributed by atoms with Gasteiger partial charge in [-0.2, -0.15) is 0 Å². The maximum Gasteiger partial charge on any atom is 0.154 e. The predicted molar refractivity (Wildman–Crippen MR) is 65.5 cm³/mol. The molecule has 3 aromatic rings. The Hall–Kier alpha value is -2.49. The molecule has 3 N–H and O–H groups in total. The van der Waals surface area contributed by atoms with Crippen LogP contribution < -0.4 is 5.73 Å². The molecule has 0 amide bonds. The van der Waals surface area contributed by atoms with E-state index in [1.807, 2.05) is 0 Å². The lowest BCUT2D eigenvalue weighted by atomic mass is 10.2. The molecule has 4 nitrogen and oxygen atoms in total. The number of phenolic OH excluding ortho intramolecular Hbond substituents is 1. The Morgan fingerprint density at radius 3 is 2.82 bits per heavy atom. The van der Waals surface area contributed by atoms with Crippen LogP contribution in [-0.2, 0) is 0 Å². The largest absolute Gasteiger partial charge is 0.507 e. The molecule has 0 aliphatic carbocycles. The molecule has 0 atom stereocenters. The fraction of sp³-hybridized carbons (Fsp3) is 0. The van der Waals surface area contributed by atoms with Crippen molar-refractivity contribution in [3.63, 3.8) is 0 Å². The molecule has 0 spiro atoms. The van der Waals surface area contributed by atoms with Crippen LogP contribution in [0, 0.1) is 0 Å². The van der Waals surface area contributed by atoms with Gasteiger partial charge in [-0.15, -0.1) is 0 Å². The van der Waals surface area contributed by atoms with Gasteiger partial charge in [0.2, 0.25) is 0 Å². The second kappa shape index (κ2) is 3.52. The molecule has 0 bridgehead atoms. The van der Waals surface area contributed by atoms with Crippen molar-refractivity contribution >= 4 is 16.7 Å². The zero-order chi connectivity index (χ0) is 11.8. The van der Waals surface area contributed by atoms with Crippen LogP contribution >= 0.6 is 0 Å².